The molecule has 0 atom stereocenters. The number of nitrogens with zero attached hydrogens (tertiary/aromatic N) is 1. The molecule has 0 aliphatic heterocycles. The van der Waals surface area contributed by atoms with E-state index in [1.165, 1.54) is 11.3 Å². The Kier molecular flexibility index (Phi) is 2.65. The molecule has 0 aliphatic carbocycles. The van der Waals surface area contributed by atoms with Crippen LogP contribution < -0.4 is 0 Å². The first-order valence-corrected chi connectivity index (χ1v) is 5.34. The quantitative estimate of drug-likeness (QED) is 0.624. The number of hydrogen-bond donors (Lipinski definition) is 1. The Bertz CT molecular complexity index is 450. The third-order valence-corrected chi connectivity index (χ3v) is 2.82. The van der Waals surface area contributed by atoms with Crippen LogP contribution in [-0.2, 0) is 0 Å². The molecule has 14 heavy (non-hydrogen) atoms. The minimum atomic E-state index is -0.0536. The van der Waals surface area contributed by atoms with Crippen molar-refractivity contribution in [1.29, 1.82) is 0 Å². The zero-order valence-electron chi connectivity index (χ0n) is 7.18. The van der Waals surface area contributed by atoms with E-state index in [4.69, 9.17) is 0 Å². The van der Waals surface area contributed by atoms with Crippen LogP contribution in [0.1, 0.15) is 16.1 Å². The monoisotopic (exact) mass is 221 g/mol. The lowest BCUT2D eigenvalue weighted by Crippen LogP contribution is -2.00. The highest BCUT2D eigenvalue weighted by Gasteiger charge is 2.11. The molecule has 0 spiro atoms. The Hall–Kier alpha value is -1.13. The van der Waals surface area contributed by atoms with Crippen molar-refractivity contribution in [1.82, 2.24) is 4.98 Å². The molecule has 0 unspecified atom stereocenters. The van der Waals surface area contributed by atoms with Crippen molar-refractivity contribution in [2.45, 2.75) is 4.34 Å². The Morgan fingerprint density at radius 2 is 2.00 bits per heavy atom. The fourth-order valence-corrected chi connectivity index (χ4v) is 1.90. The molecule has 0 saturated carbocycles. The molecular formula is C10H7NOS2. The molecule has 0 bridgehead atoms. The fraction of sp³-hybridized carbons (Fsp3) is 0. The van der Waals surface area contributed by atoms with Gasteiger partial charge in [-0.15, -0.1) is 24.0 Å². The van der Waals surface area contributed by atoms with E-state index < -0.39 is 0 Å². The molecule has 0 aliphatic rings. The van der Waals surface area contributed by atoms with E-state index in [0.29, 0.717) is 15.6 Å². The van der Waals surface area contributed by atoms with Crippen LogP contribution in [0.4, 0.5) is 0 Å². The van der Waals surface area contributed by atoms with Gasteiger partial charge >= 0.3 is 0 Å². The number of ketones is 1. The maximum atomic E-state index is 11.8. The number of thiol groups is 1. The molecule has 4 heteroatoms. The van der Waals surface area contributed by atoms with Gasteiger partial charge in [-0.05, 0) is 0 Å². The molecule has 70 valence electrons. The summed E-state index contributed by atoms with van der Waals surface area (Å²) in [6.07, 6.45) is 0. The highest BCUT2D eigenvalue weighted by Crippen LogP contribution is 2.16. The Morgan fingerprint density at radius 1 is 1.29 bits per heavy atom. The van der Waals surface area contributed by atoms with Crippen LogP contribution in [0.3, 0.4) is 0 Å². The van der Waals surface area contributed by atoms with Gasteiger partial charge in [0.1, 0.15) is 10.0 Å². The number of aromatic nitrogens is 1. The molecule has 1 heterocycles. The second-order valence-electron chi connectivity index (χ2n) is 2.71. The van der Waals surface area contributed by atoms with Crippen molar-refractivity contribution in [2.24, 2.45) is 0 Å². The van der Waals surface area contributed by atoms with E-state index in [2.05, 4.69) is 17.6 Å². The van der Waals surface area contributed by atoms with E-state index in [9.17, 15) is 4.79 Å². The predicted octanol–water partition coefficient (Wildman–Crippen LogP) is 2.66. The number of carbonyl (C=O) groups excluding carboxylic acids is 1. The molecule has 0 amide bonds. The van der Waals surface area contributed by atoms with Gasteiger partial charge in [-0.25, -0.2) is 4.98 Å². The van der Waals surface area contributed by atoms with Crippen molar-refractivity contribution in [3.8, 4) is 0 Å². The summed E-state index contributed by atoms with van der Waals surface area (Å²) in [4.78, 5) is 15.8. The largest absolute Gasteiger partial charge is 0.287 e. The highest BCUT2D eigenvalue weighted by atomic mass is 32.2. The summed E-state index contributed by atoms with van der Waals surface area (Å²) in [5.41, 5.74) is 1.12. The minimum Gasteiger partial charge on any atom is -0.287 e. The molecule has 0 N–H and O–H groups in total. The van der Waals surface area contributed by atoms with Gasteiger partial charge in [-0.1, -0.05) is 30.3 Å². The second kappa shape index (κ2) is 3.94. The van der Waals surface area contributed by atoms with E-state index in [1.54, 1.807) is 17.5 Å². The van der Waals surface area contributed by atoms with Gasteiger partial charge in [0.25, 0.3) is 0 Å². The first-order valence-electron chi connectivity index (χ1n) is 4.01. The molecule has 0 radical (unpaired) electrons. The maximum Gasteiger partial charge on any atom is 0.212 e. The van der Waals surface area contributed by atoms with Crippen molar-refractivity contribution < 1.29 is 4.79 Å². The molecule has 2 aromatic rings. The maximum absolute atomic E-state index is 11.8. The SMILES string of the molecule is O=C(c1ccccc1)c1csc(S)n1. The van der Waals surface area contributed by atoms with Crippen LogP contribution in [-0.4, -0.2) is 10.8 Å². The molecule has 1 aromatic carbocycles. The first-order chi connectivity index (χ1) is 6.77. The number of benzene rings is 1. The van der Waals surface area contributed by atoms with Gasteiger partial charge in [0.15, 0.2) is 0 Å². The van der Waals surface area contributed by atoms with Crippen LogP contribution in [0, 0.1) is 0 Å². The van der Waals surface area contributed by atoms with Crippen molar-refractivity contribution in [3.05, 3.63) is 47.0 Å². The summed E-state index contributed by atoms with van der Waals surface area (Å²) in [6, 6.07) is 9.10. The molecule has 0 saturated heterocycles. The summed E-state index contributed by atoms with van der Waals surface area (Å²) in [5, 5.41) is 1.72. The van der Waals surface area contributed by atoms with Gasteiger partial charge in [0.05, 0.1) is 0 Å². The summed E-state index contributed by atoms with van der Waals surface area (Å²) in [6.45, 7) is 0. The number of rotatable bonds is 2. The standard InChI is InChI=1S/C10H7NOS2/c12-9(7-4-2-1-3-5-7)8-6-14-10(13)11-8/h1-6H,(H,11,13). The zero-order chi connectivity index (χ0) is 9.97. The van der Waals surface area contributed by atoms with Gasteiger partial charge < -0.3 is 0 Å². The minimum absolute atomic E-state index is 0.0536. The van der Waals surface area contributed by atoms with Gasteiger partial charge in [-0.2, -0.15) is 0 Å². The van der Waals surface area contributed by atoms with Gasteiger partial charge in [0, 0.05) is 10.9 Å². The molecule has 2 nitrogen and oxygen atoms in total. The molecule has 1 aromatic heterocycles. The molecule has 2 rings (SSSR count). The summed E-state index contributed by atoms with van der Waals surface area (Å²) >= 11 is 5.43. The van der Waals surface area contributed by atoms with Gasteiger partial charge in [-0.3, -0.25) is 4.79 Å². The lowest BCUT2D eigenvalue weighted by molar-refractivity contribution is 0.103. The van der Waals surface area contributed by atoms with Crippen LogP contribution in [0.15, 0.2) is 40.1 Å². The topological polar surface area (TPSA) is 30.0 Å². The number of thiazole rings is 1. The van der Waals surface area contributed by atoms with Crippen molar-refractivity contribution in [3.63, 3.8) is 0 Å². The van der Waals surface area contributed by atoms with E-state index in [0.717, 1.165) is 0 Å². The Morgan fingerprint density at radius 3 is 2.57 bits per heavy atom. The lowest BCUT2D eigenvalue weighted by atomic mass is 10.1. The van der Waals surface area contributed by atoms with Crippen LogP contribution in [0.2, 0.25) is 0 Å². The lowest BCUT2D eigenvalue weighted by Gasteiger charge is -1.95. The smallest absolute Gasteiger partial charge is 0.212 e. The average Bonchev–Trinajstić information content (AvgIpc) is 2.65. The normalized spacial score (nSPS) is 10.1. The van der Waals surface area contributed by atoms with E-state index in [-0.39, 0.29) is 5.78 Å². The van der Waals surface area contributed by atoms with Crippen LogP contribution in [0.5, 0.6) is 0 Å². The Labute approximate surface area is 91.0 Å². The fourth-order valence-electron chi connectivity index (χ4n) is 1.11. The van der Waals surface area contributed by atoms with E-state index >= 15 is 0 Å². The van der Waals surface area contributed by atoms with Gasteiger partial charge in [0.2, 0.25) is 5.78 Å². The van der Waals surface area contributed by atoms with Crippen molar-refractivity contribution >= 4 is 29.7 Å². The number of carbonyl (C=O) groups is 1. The number of hydrogen-bond acceptors (Lipinski definition) is 4. The average molecular weight is 221 g/mol. The second-order valence-corrected chi connectivity index (χ2v) is 4.29. The summed E-state index contributed by atoms with van der Waals surface area (Å²) in [5.74, 6) is -0.0536. The predicted molar refractivity (Wildman–Crippen MR) is 59.2 cm³/mol. The van der Waals surface area contributed by atoms with Crippen LogP contribution >= 0.6 is 24.0 Å². The molecular weight excluding hydrogens is 214 g/mol. The first kappa shape index (κ1) is 9.43. The third-order valence-electron chi connectivity index (χ3n) is 1.76. The molecule has 0 fully saturated rings. The van der Waals surface area contributed by atoms with Crippen molar-refractivity contribution in [2.75, 3.05) is 0 Å². The summed E-state index contributed by atoms with van der Waals surface area (Å²) < 4.78 is 0.615. The zero-order valence-corrected chi connectivity index (χ0v) is 8.89. The van der Waals surface area contributed by atoms with E-state index in [1.807, 2.05) is 18.2 Å². The highest BCUT2D eigenvalue weighted by molar-refractivity contribution is 7.82. The van der Waals surface area contributed by atoms with Crippen LogP contribution in [0.25, 0.3) is 0 Å². The summed E-state index contributed by atoms with van der Waals surface area (Å²) in [7, 11) is 0. The third kappa shape index (κ3) is 1.86. The Balaban J connectivity index is 2.34.